The van der Waals surface area contributed by atoms with Crippen molar-refractivity contribution >= 4 is 54.3 Å². The zero-order valence-corrected chi connectivity index (χ0v) is 36.0. The molecule has 0 unspecified atom stereocenters. The lowest BCUT2D eigenvalue weighted by molar-refractivity contribution is 0.669. The standard InChI is InChI=1S/C61H37N5O/c1-2-17-41(18-3-1)58-62-53(37-54(63-58)45-31-32-55-52(36-45)57-49-27-9-6-16-40(49)30-33-56(57)67-55)44-23-10-21-42(34-44)43-22-11-24-46(35-43)59-64-60(50-28-12-19-38-14-4-7-25-47(38)50)66-61(65-59)51-29-13-20-39-15-5-8-26-48(39)51/h1-37H. The van der Waals surface area contributed by atoms with E-state index >= 15 is 0 Å². The van der Waals surface area contributed by atoms with E-state index in [0.29, 0.717) is 23.3 Å². The summed E-state index contributed by atoms with van der Waals surface area (Å²) in [6.07, 6.45) is 0. The van der Waals surface area contributed by atoms with Crippen LogP contribution >= 0.6 is 0 Å². The molecule has 0 spiro atoms. The van der Waals surface area contributed by atoms with Crippen LogP contribution in [0.25, 0.3) is 133 Å². The molecule has 0 amide bonds. The van der Waals surface area contributed by atoms with E-state index in [-0.39, 0.29) is 0 Å². The molecule has 3 heterocycles. The lowest BCUT2D eigenvalue weighted by Gasteiger charge is -2.13. The second kappa shape index (κ2) is 15.8. The van der Waals surface area contributed by atoms with Crippen molar-refractivity contribution in [1.82, 2.24) is 24.9 Å². The molecule has 0 atom stereocenters. The Hall–Kier alpha value is -9.13. The van der Waals surface area contributed by atoms with Gasteiger partial charge >= 0.3 is 0 Å². The molecule has 0 N–H and O–H groups in total. The molecule has 312 valence electrons. The van der Waals surface area contributed by atoms with Crippen LogP contribution in [0.2, 0.25) is 0 Å². The molecule has 67 heavy (non-hydrogen) atoms. The summed E-state index contributed by atoms with van der Waals surface area (Å²) in [5.41, 5.74) is 11.1. The third kappa shape index (κ3) is 6.87. The predicted molar refractivity (Wildman–Crippen MR) is 273 cm³/mol. The van der Waals surface area contributed by atoms with Gasteiger partial charge in [-0.3, -0.25) is 0 Å². The van der Waals surface area contributed by atoms with Crippen molar-refractivity contribution in [1.29, 1.82) is 0 Å². The van der Waals surface area contributed by atoms with Crippen LogP contribution in [-0.4, -0.2) is 24.9 Å². The van der Waals surface area contributed by atoms with Crippen molar-refractivity contribution < 1.29 is 4.42 Å². The van der Waals surface area contributed by atoms with Gasteiger partial charge in [-0.05, 0) is 85.9 Å². The summed E-state index contributed by atoms with van der Waals surface area (Å²) in [6.45, 7) is 0. The van der Waals surface area contributed by atoms with E-state index in [0.717, 1.165) is 105 Å². The van der Waals surface area contributed by atoms with E-state index in [1.807, 2.05) is 18.2 Å². The van der Waals surface area contributed by atoms with Crippen molar-refractivity contribution in [2.24, 2.45) is 0 Å². The fourth-order valence-corrected chi connectivity index (χ4v) is 9.45. The lowest BCUT2D eigenvalue weighted by atomic mass is 9.98. The minimum atomic E-state index is 0.599. The molecule has 0 aliphatic rings. The first-order valence-electron chi connectivity index (χ1n) is 22.4. The smallest absolute Gasteiger partial charge is 0.164 e. The van der Waals surface area contributed by atoms with Crippen molar-refractivity contribution in [2.75, 3.05) is 0 Å². The van der Waals surface area contributed by atoms with E-state index in [1.165, 1.54) is 5.39 Å². The summed E-state index contributed by atoms with van der Waals surface area (Å²) in [6, 6.07) is 77.6. The highest BCUT2D eigenvalue weighted by molar-refractivity contribution is 6.19. The Bertz CT molecular complexity index is 3960. The summed E-state index contributed by atoms with van der Waals surface area (Å²) >= 11 is 0. The molecular formula is C61H37N5O. The van der Waals surface area contributed by atoms with E-state index in [2.05, 4.69) is 206 Å². The molecule has 6 heteroatoms. The Kier molecular flexibility index (Phi) is 9.06. The number of hydrogen-bond donors (Lipinski definition) is 0. The molecule has 0 aliphatic carbocycles. The molecule has 10 aromatic carbocycles. The van der Waals surface area contributed by atoms with Gasteiger partial charge in [-0.2, -0.15) is 0 Å². The van der Waals surface area contributed by atoms with Gasteiger partial charge in [0.1, 0.15) is 11.2 Å². The van der Waals surface area contributed by atoms with Crippen LogP contribution in [-0.2, 0) is 0 Å². The monoisotopic (exact) mass is 855 g/mol. The Balaban J connectivity index is 0.930. The summed E-state index contributed by atoms with van der Waals surface area (Å²) < 4.78 is 6.37. The lowest BCUT2D eigenvalue weighted by Crippen LogP contribution is -2.01. The predicted octanol–water partition coefficient (Wildman–Crippen LogP) is 15.7. The van der Waals surface area contributed by atoms with Crippen molar-refractivity contribution in [3.8, 4) is 79.2 Å². The number of fused-ring (bicyclic) bond motifs is 7. The SMILES string of the molecule is c1ccc(-c2nc(-c3cccc(-c4cccc(-c5nc(-c6cccc7ccccc67)nc(-c6cccc7ccccc67)n5)c4)c3)cc(-c3ccc4oc5ccc6ccccc6c5c4c3)n2)cc1. The van der Waals surface area contributed by atoms with Crippen LogP contribution < -0.4 is 0 Å². The van der Waals surface area contributed by atoms with Crippen LogP contribution in [0.4, 0.5) is 0 Å². The van der Waals surface area contributed by atoms with Gasteiger partial charge in [-0.15, -0.1) is 0 Å². The Morgan fingerprint density at radius 3 is 1.39 bits per heavy atom. The highest BCUT2D eigenvalue weighted by atomic mass is 16.3. The second-order valence-electron chi connectivity index (χ2n) is 16.8. The Morgan fingerprint density at radius 2 is 0.716 bits per heavy atom. The quantitative estimate of drug-likeness (QED) is 0.159. The van der Waals surface area contributed by atoms with Gasteiger partial charge in [0, 0.05) is 44.2 Å². The number of benzene rings is 10. The molecule has 0 aliphatic heterocycles. The van der Waals surface area contributed by atoms with Crippen molar-refractivity contribution in [3.05, 3.63) is 224 Å². The normalized spacial score (nSPS) is 11.6. The first-order chi connectivity index (χ1) is 33.2. The molecule has 3 aromatic heterocycles. The molecule has 6 nitrogen and oxygen atoms in total. The van der Waals surface area contributed by atoms with E-state index in [4.69, 9.17) is 29.3 Å². The molecule has 0 bridgehead atoms. The zero-order chi connectivity index (χ0) is 44.3. The first kappa shape index (κ1) is 38.3. The fourth-order valence-electron chi connectivity index (χ4n) is 9.45. The topological polar surface area (TPSA) is 77.6 Å². The van der Waals surface area contributed by atoms with E-state index < -0.39 is 0 Å². The Labute approximate surface area is 385 Å². The first-order valence-corrected chi connectivity index (χ1v) is 22.4. The Morgan fingerprint density at radius 1 is 0.254 bits per heavy atom. The molecule has 0 saturated carbocycles. The van der Waals surface area contributed by atoms with Gasteiger partial charge in [0.2, 0.25) is 0 Å². The number of rotatable bonds is 7. The van der Waals surface area contributed by atoms with Crippen LogP contribution in [0.3, 0.4) is 0 Å². The number of furan rings is 1. The molecule has 0 saturated heterocycles. The maximum atomic E-state index is 6.37. The number of aromatic nitrogens is 5. The van der Waals surface area contributed by atoms with Crippen LogP contribution in [0.5, 0.6) is 0 Å². The van der Waals surface area contributed by atoms with Crippen molar-refractivity contribution in [2.45, 2.75) is 0 Å². The van der Waals surface area contributed by atoms with Gasteiger partial charge in [0.05, 0.1) is 11.4 Å². The number of hydrogen-bond acceptors (Lipinski definition) is 6. The van der Waals surface area contributed by atoms with Gasteiger partial charge in [-0.25, -0.2) is 24.9 Å². The molecule has 13 rings (SSSR count). The third-order valence-electron chi connectivity index (χ3n) is 12.7. The molecule has 0 fully saturated rings. The van der Waals surface area contributed by atoms with Gasteiger partial charge < -0.3 is 4.42 Å². The minimum Gasteiger partial charge on any atom is -0.456 e. The average Bonchev–Trinajstić information content (AvgIpc) is 3.79. The van der Waals surface area contributed by atoms with Gasteiger partial charge in [0.15, 0.2) is 23.3 Å². The third-order valence-corrected chi connectivity index (χ3v) is 12.7. The van der Waals surface area contributed by atoms with Gasteiger partial charge in [0.25, 0.3) is 0 Å². The van der Waals surface area contributed by atoms with Crippen molar-refractivity contribution in [3.63, 3.8) is 0 Å². The fraction of sp³-hybridized carbons (Fsp3) is 0. The van der Waals surface area contributed by atoms with Crippen LogP contribution in [0.15, 0.2) is 229 Å². The van der Waals surface area contributed by atoms with E-state index in [1.54, 1.807) is 0 Å². The summed E-state index contributed by atoms with van der Waals surface area (Å²) in [5, 5.41) is 8.93. The molecule has 0 radical (unpaired) electrons. The largest absolute Gasteiger partial charge is 0.456 e. The average molecular weight is 856 g/mol. The maximum absolute atomic E-state index is 6.37. The van der Waals surface area contributed by atoms with Crippen LogP contribution in [0.1, 0.15) is 0 Å². The van der Waals surface area contributed by atoms with Crippen LogP contribution in [0, 0.1) is 0 Å². The summed E-state index contributed by atoms with van der Waals surface area (Å²) in [5.74, 6) is 2.50. The van der Waals surface area contributed by atoms with E-state index in [9.17, 15) is 0 Å². The second-order valence-corrected chi connectivity index (χ2v) is 16.8. The highest BCUT2D eigenvalue weighted by Crippen LogP contribution is 2.39. The maximum Gasteiger partial charge on any atom is 0.164 e. The minimum absolute atomic E-state index is 0.599. The highest BCUT2D eigenvalue weighted by Gasteiger charge is 2.18. The summed E-state index contributed by atoms with van der Waals surface area (Å²) in [7, 11) is 0. The van der Waals surface area contributed by atoms with Gasteiger partial charge in [-0.1, -0.05) is 182 Å². The molecular weight excluding hydrogens is 819 g/mol. The molecule has 13 aromatic rings. The number of nitrogens with zero attached hydrogens (tertiary/aromatic N) is 5. The zero-order valence-electron chi connectivity index (χ0n) is 36.0. The summed E-state index contributed by atoms with van der Waals surface area (Å²) in [4.78, 5) is 26.0.